The van der Waals surface area contributed by atoms with Crippen LogP contribution in [0, 0.1) is 18.6 Å². The number of carbonyl (C=O) groups is 1. The zero-order valence-corrected chi connectivity index (χ0v) is 10.1. The number of amides is 1. The molecule has 0 saturated heterocycles. The van der Waals surface area contributed by atoms with Gasteiger partial charge in [0, 0.05) is 25.7 Å². The number of hydrogen-bond acceptors (Lipinski definition) is 2. The smallest absolute Gasteiger partial charge is 0.256 e. The van der Waals surface area contributed by atoms with Crippen molar-refractivity contribution in [3.8, 4) is 0 Å². The van der Waals surface area contributed by atoms with Crippen LogP contribution in [0.25, 0.3) is 0 Å². The maximum atomic E-state index is 13.5. The molecule has 0 aliphatic carbocycles. The third-order valence-electron chi connectivity index (χ3n) is 2.80. The highest BCUT2D eigenvalue weighted by atomic mass is 19.1. The summed E-state index contributed by atoms with van der Waals surface area (Å²) in [6.07, 6.45) is 0. The molecule has 1 atom stereocenters. The predicted octanol–water partition coefficient (Wildman–Crippen LogP) is 1.69. The number of benzene rings is 1. The summed E-state index contributed by atoms with van der Waals surface area (Å²) in [4.78, 5) is 13.3. The first-order chi connectivity index (χ1) is 7.88. The second-order valence-electron chi connectivity index (χ2n) is 4.08. The van der Waals surface area contributed by atoms with Gasteiger partial charge in [-0.05, 0) is 25.5 Å². The molecule has 94 valence electrons. The zero-order chi connectivity index (χ0) is 13.2. The lowest BCUT2D eigenvalue weighted by Gasteiger charge is -2.24. The molecule has 0 saturated carbocycles. The van der Waals surface area contributed by atoms with Crippen molar-refractivity contribution in [1.82, 2.24) is 4.90 Å². The molecule has 1 aromatic carbocycles. The number of aryl methyl sites for hydroxylation is 1. The van der Waals surface area contributed by atoms with Gasteiger partial charge in [0.05, 0.1) is 5.56 Å². The normalized spacial score (nSPS) is 12.4. The monoisotopic (exact) mass is 242 g/mol. The molecule has 0 aliphatic rings. The highest BCUT2D eigenvalue weighted by Gasteiger charge is 2.20. The van der Waals surface area contributed by atoms with Gasteiger partial charge in [0.15, 0.2) is 0 Å². The summed E-state index contributed by atoms with van der Waals surface area (Å²) in [5, 5.41) is 0. The number of carbonyl (C=O) groups excluding carboxylic acids is 1. The van der Waals surface area contributed by atoms with Crippen molar-refractivity contribution in [2.75, 3.05) is 13.6 Å². The average Bonchev–Trinajstić information content (AvgIpc) is 2.31. The Hall–Kier alpha value is -1.49. The van der Waals surface area contributed by atoms with Gasteiger partial charge in [0.1, 0.15) is 11.6 Å². The number of nitrogens with two attached hydrogens (primary N) is 1. The third-order valence-corrected chi connectivity index (χ3v) is 2.80. The molecule has 1 unspecified atom stereocenters. The van der Waals surface area contributed by atoms with E-state index in [0.717, 1.165) is 6.07 Å². The average molecular weight is 242 g/mol. The molecule has 0 heterocycles. The summed E-state index contributed by atoms with van der Waals surface area (Å²) < 4.78 is 26.6. The minimum atomic E-state index is -0.853. The molecular formula is C12H16F2N2O. The van der Waals surface area contributed by atoms with Gasteiger partial charge in [-0.1, -0.05) is 0 Å². The Balaban J connectivity index is 3.08. The highest BCUT2D eigenvalue weighted by molar-refractivity contribution is 5.94. The molecule has 2 N–H and O–H groups in total. The first-order valence-electron chi connectivity index (χ1n) is 5.31. The second-order valence-corrected chi connectivity index (χ2v) is 4.08. The van der Waals surface area contributed by atoms with Gasteiger partial charge in [-0.2, -0.15) is 0 Å². The summed E-state index contributed by atoms with van der Waals surface area (Å²) >= 11 is 0. The molecule has 1 amide bonds. The Morgan fingerprint density at radius 1 is 1.41 bits per heavy atom. The summed E-state index contributed by atoms with van der Waals surface area (Å²) in [6, 6.07) is 1.74. The number of halogens is 2. The van der Waals surface area contributed by atoms with Crippen molar-refractivity contribution >= 4 is 5.91 Å². The van der Waals surface area contributed by atoms with Crippen LogP contribution in [0.15, 0.2) is 12.1 Å². The summed E-state index contributed by atoms with van der Waals surface area (Å²) in [7, 11) is 1.54. The quantitative estimate of drug-likeness (QED) is 0.876. The highest BCUT2D eigenvalue weighted by Crippen LogP contribution is 2.16. The number of rotatable bonds is 3. The molecule has 0 radical (unpaired) electrons. The lowest BCUT2D eigenvalue weighted by Crippen LogP contribution is -2.40. The fourth-order valence-electron chi connectivity index (χ4n) is 1.37. The second kappa shape index (κ2) is 5.23. The Kier molecular flexibility index (Phi) is 4.17. The summed E-state index contributed by atoms with van der Waals surface area (Å²) in [5.74, 6) is -2.01. The van der Waals surface area contributed by atoms with Crippen molar-refractivity contribution in [2.24, 2.45) is 5.73 Å². The minimum Gasteiger partial charge on any atom is -0.338 e. The number of likely N-dealkylation sites (N-methyl/N-ethyl adjacent to an activating group) is 1. The van der Waals surface area contributed by atoms with E-state index < -0.39 is 17.5 Å². The van der Waals surface area contributed by atoms with Gasteiger partial charge in [0.2, 0.25) is 0 Å². The van der Waals surface area contributed by atoms with E-state index in [0.29, 0.717) is 0 Å². The molecule has 17 heavy (non-hydrogen) atoms. The van der Waals surface area contributed by atoms with E-state index in [1.807, 2.05) is 0 Å². The molecule has 1 rings (SSSR count). The van der Waals surface area contributed by atoms with Crippen molar-refractivity contribution in [1.29, 1.82) is 0 Å². The summed E-state index contributed by atoms with van der Waals surface area (Å²) in [5.41, 5.74) is 5.54. The van der Waals surface area contributed by atoms with Crippen LogP contribution in [0.5, 0.6) is 0 Å². The van der Waals surface area contributed by atoms with Gasteiger partial charge in [-0.3, -0.25) is 4.79 Å². The molecular weight excluding hydrogens is 226 g/mol. The lowest BCUT2D eigenvalue weighted by atomic mass is 10.1. The van der Waals surface area contributed by atoms with Crippen LogP contribution >= 0.6 is 0 Å². The topological polar surface area (TPSA) is 46.3 Å². The van der Waals surface area contributed by atoms with E-state index >= 15 is 0 Å². The van der Waals surface area contributed by atoms with E-state index in [1.54, 1.807) is 6.92 Å². The van der Waals surface area contributed by atoms with Crippen LogP contribution < -0.4 is 5.73 Å². The Morgan fingerprint density at radius 3 is 2.53 bits per heavy atom. The van der Waals surface area contributed by atoms with Gasteiger partial charge >= 0.3 is 0 Å². The fraction of sp³-hybridized carbons (Fsp3) is 0.417. The van der Waals surface area contributed by atoms with Gasteiger partial charge in [-0.15, -0.1) is 0 Å². The third kappa shape index (κ3) is 2.79. The largest absolute Gasteiger partial charge is 0.338 e. The maximum Gasteiger partial charge on any atom is 0.256 e. The van der Waals surface area contributed by atoms with Crippen LogP contribution in [0.3, 0.4) is 0 Å². The van der Waals surface area contributed by atoms with Crippen LogP contribution in [-0.2, 0) is 0 Å². The van der Waals surface area contributed by atoms with Gasteiger partial charge in [-0.25, -0.2) is 8.78 Å². The minimum absolute atomic E-state index is 0.133. The Labute approximate surface area is 99.2 Å². The van der Waals surface area contributed by atoms with E-state index in [9.17, 15) is 13.6 Å². The first kappa shape index (κ1) is 13.6. The number of nitrogens with zero attached hydrogens (tertiary/aromatic N) is 1. The molecule has 0 aliphatic heterocycles. The molecule has 0 fully saturated rings. The van der Waals surface area contributed by atoms with Crippen LogP contribution in [0.2, 0.25) is 0 Å². The van der Waals surface area contributed by atoms with Gasteiger partial charge < -0.3 is 10.6 Å². The molecule has 1 aromatic rings. The zero-order valence-electron chi connectivity index (χ0n) is 10.1. The van der Waals surface area contributed by atoms with Crippen molar-refractivity contribution < 1.29 is 13.6 Å². The van der Waals surface area contributed by atoms with Crippen molar-refractivity contribution in [3.05, 3.63) is 34.9 Å². The van der Waals surface area contributed by atoms with E-state index in [-0.39, 0.29) is 23.7 Å². The molecule has 0 spiro atoms. The van der Waals surface area contributed by atoms with Crippen molar-refractivity contribution in [3.63, 3.8) is 0 Å². The van der Waals surface area contributed by atoms with Crippen LogP contribution in [-0.4, -0.2) is 30.4 Å². The molecule has 0 aromatic heterocycles. The lowest BCUT2D eigenvalue weighted by molar-refractivity contribution is 0.0743. The van der Waals surface area contributed by atoms with Gasteiger partial charge in [0.25, 0.3) is 5.91 Å². The van der Waals surface area contributed by atoms with E-state index in [1.165, 1.54) is 24.9 Å². The Bertz CT molecular complexity index is 435. The van der Waals surface area contributed by atoms with E-state index in [4.69, 9.17) is 5.73 Å². The summed E-state index contributed by atoms with van der Waals surface area (Å²) in [6.45, 7) is 3.52. The SMILES string of the molecule is Cc1cc(C(=O)N(C)C(C)CN)c(F)cc1F. The first-order valence-corrected chi connectivity index (χ1v) is 5.31. The number of hydrogen-bond donors (Lipinski definition) is 1. The Morgan fingerprint density at radius 2 is 2.00 bits per heavy atom. The fourth-order valence-corrected chi connectivity index (χ4v) is 1.37. The molecule has 5 heteroatoms. The molecule has 3 nitrogen and oxygen atoms in total. The van der Waals surface area contributed by atoms with Crippen molar-refractivity contribution in [2.45, 2.75) is 19.9 Å². The standard InChI is InChI=1S/C12H16F2N2O/c1-7-4-9(11(14)5-10(7)13)12(17)16(3)8(2)6-15/h4-5,8H,6,15H2,1-3H3. The van der Waals surface area contributed by atoms with E-state index in [2.05, 4.69) is 0 Å². The molecule has 0 bridgehead atoms. The predicted molar refractivity (Wildman–Crippen MR) is 61.7 cm³/mol. The van der Waals surface area contributed by atoms with Crippen LogP contribution in [0.1, 0.15) is 22.8 Å². The maximum absolute atomic E-state index is 13.5. The van der Waals surface area contributed by atoms with Crippen LogP contribution in [0.4, 0.5) is 8.78 Å².